The summed E-state index contributed by atoms with van der Waals surface area (Å²) < 4.78 is 26.5. The standard InChI is InChI=1S/C30H58NO10P/c1-3-5-7-9-11-13-15-17-19-21-28(33)31-27(30(35)36)25-41-42(37,38)40-24-26(32)23-39-29(34)22-20-18-16-14-12-10-8-6-4-2/h26-27,32H,3-25H2,1-2H3,(H,31,33)(H,35,36)(H,37,38). The average Bonchev–Trinajstić information content (AvgIpc) is 2.95. The first-order valence-corrected chi connectivity index (χ1v) is 17.6. The number of phosphoric acid groups is 1. The lowest BCUT2D eigenvalue weighted by atomic mass is 10.1. The maximum absolute atomic E-state index is 12.1. The van der Waals surface area contributed by atoms with Crippen molar-refractivity contribution < 1.29 is 47.8 Å². The number of carboxylic acids is 1. The number of carboxylic acid groups (broad SMARTS) is 1. The molecule has 0 aliphatic heterocycles. The molecule has 0 aromatic carbocycles. The van der Waals surface area contributed by atoms with Crippen LogP contribution >= 0.6 is 7.82 Å². The number of phosphoric ester groups is 1. The Bertz CT molecular complexity index is 752. The molecule has 0 saturated carbocycles. The second-order valence-corrected chi connectivity index (χ2v) is 12.5. The number of amides is 1. The molecular formula is C30H58NO10P. The third-order valence-electron chi connectivity index (χ3n) is 6.90. The fourth-order valence-corrected chi connectivity index (χ4v) is 5.09. The van der Waals surface area contributed by atoms with Crippen LogP contribution in [0.3, 0.4) is 0 Å². The Balaban J connectivity index is 4.05. The molecule has 0 aliphatic carbocycles. The summed E-state index contributed by atoms with van der Waals surface area (Å²) in [5, 5.41) is 21.5. The predicted molar refractivity (Wildman–Crippen MR) is 162 cm³/mol. The summed E-state index contributed by atoms with van der Waals surface area (Å²) >= 11 is 0. The van der Waals surface area contributed by atoms with E-state index in [9.17, 15) is 34.1 Å². The molecule has 3 atom stereocenters. The van der Waals surface area contributed by atoms with Gasteiger partial charge in [-0.1, -0.05) is 117 Å². The first-order valence-electron chi connectivity index (χ1n) is 16.1. The van der Waals surface area contributed by atoms with E-state index >= 15 is 0 Å². The van der Waals surface area contributed by atoms with Crippen molar-refractivity contribution in [3.05, 3.63) is 0 Å². The number of nitrogens with one attached hydrogen (secondary N) is 1. The highest BCUT2D eigenvalue weighted by molar-refractivity contribution is 7.47. The number of carbonyl (C=O) groups excluding carboxylic acids is 2. The minimum absolute atomic E-state index is 0.150. The van der Waals surface area contributed by atoms with Crippen LogP contribution in [0.25, 0.3) is 0 Å². The molecule has 0 aromatic heterocycles. The van der Waals surface area contributed by atoms with Gasteiger partial charge in [0.15, 0.2) is 6.04 Å². The van der Waals surface area contributed by atoms with Crippen LogP contribution in [0, 0.1) is 0 Å². The minimum Gasteiger partial charge on any atom is -0.480 e. The second kappa shape index (κ2) is 27.1. The molecule has 1 amide bonds. The third-order valence-corrected chi connectivity index (χ3v) is 7.85. The highest BCUT2D eigenvalue weighted by Gasteiger charge is 2.28. The fourth-order valence-electron chi connectivity index (χ4n) is 4.31. The Morgan fingerprint density at radius 1 is 0.667 bits per heavy atom. The average molecular weight is 624 g/mol. The first kappa shape index (κ1) is 40.5. The molecular weight excluding hydrogens is 565 g/mol. The van der Waals surface area contributed by atoms with Gasteiger partial charge in [-0.25, -0.2) is 9.36 Å². The number of aliphatic carboxylic acids is 1. The molecule has 0 aliphatic rings. The van der Waals surface area contributed by atoms with Gasteiger partial charge in [-0.15, -0.1) is 0 Å². The summed E-state index contributed by atoms with van der Waals surface area (Å²) in [6.45, 7) is 2.49. The zero-order valence-corrected chi connectivity index (χ0v) is 27.0. The summed E-state index contributed by atoms with van der Waals surface area (Å²) in [5.74, 6) is -2.38. The number of carbonyl (C=O) groups is 3. The number of rotatable bonds is 30. The van der Waals surface area contributed by atoms with Gasteiger partial charge >= 0.3 is 19.8 Å². The molecule has 0 aromatic rings. The zero-order valence-electron chi connectivity index (χ0n) is 26.1. The Morgan fingerprint density at radius 3 is 1.57 bits per heavy atom. The maximum atomic E-state index is 12.1. The van der Waals surface area contributed by atoms with Gasteiger partial charge in [0, 0.05) is 12.8 Å². The molecule has 0 rings (SSSR count). The van der Waals surface area contributed by atoms with Crippen molar-refractivity contribution in [1.29, 1.82) is 0 Å². The topological polar surface area (TPSA) is 169 Å². The van der Waals surface area contributed by atoms with Gasteiger partial charge in [-0.2, -0.15) is 0 Å². The Labute approximate surface area is 253 Å². The van der Waals surface area contributed by atoms with Crippen molar-refractivity contribution in [3.63, 3.8) is 0 Å². The Kier molecular flexibility index (Phi) is 26.1. The molecule has 0 saturated heterocycles. The van der Waals surface area contributed by atoms with Gasteiger partial charge in [0.1, 0.15) is 12.7 Å². The number of aliphatic hydroxyl groups excluding tert-OH is 1. The highest BCUT2D eigenvalue weighted by atomic mass is 31.2. The quantitative estimate of drug-likeness (QED) is 0.0397. The van der Waals surface area contributed by atoms with Crippen LogP contribution in [0.4, 0.5) is 0 Å². The summed E-state index contributed by atoms with van der Waals surface area (Å²) in [5.41, 5.74) is 0. The normalized spacial score (nSPS) is 14.2. The summed E-state index contributed by atoms with van der Waals surface area (Å²) in [6.07, 6.45) is 18.8. The highest BCUT2D eigenvalue weighted by Crippen LogP contribution is 2.43. The summed E-state index contributed by atoms with van der Waals surface area (Å²) in [7, 11) is -4.73. The van der Waals surface area contributed by atoms with Crippen LogP contribution < -0.4 is 5.32 Å². The van der Waals surface area contributed by atoms with E-state index in [0.29, 0.717) is 12.8 Å². The van der Waals surface area contributed by atoms with Crippen molar-refractivity contribution in [2.24, 2.45) is 0 Å². The first-order chi connectivity index (χ1) is 20.1. The van der Waals surface area contributed by atoms with E-state index in [0.717, 1.165) is 38.5 Å². The number of ether oxygens (including phenoxy) is 1. The monoisotopic (exact) mass is 623 g/mol. The molecule has 12 heteroatoms. The summed E-state index contributed by atoms with van der Waals surface area (Å²) in [6, 6.07) is -1.54. The molecule has 0 radical (unpaired) electrons. The van der Waals surface area contributed by atoms with E-state index < -0.39 is 57.6 Å². The van der Waals surface area contributed by atoms with E-state index in [-0.39, 0.29) is 12.8 Å². The summed E-state index contributed by atoms with van der Waals surface area (Å²) in [4.78, 5) is 45.3. The molecule has 4 N–H and O–H groups in total. The van der Waals surface area contributed by atoms with Crippen molar-refractivity contribution >= 4 is 25.7 Å². The molecule has 248 valence electrons. The molecule has 0 spiro atoms. The van der Waals surface area contributed by atoms with E-state index in [1.165, 1.54) is 64.2 Å². The van der Waals surface area contributed by atoms with Crippen LogP contribution in [-0.4, -0.2) is 64.9 Å². The zero-order chi connectivity index (χ0) is 31.5. The van der Waals surface area contributed by atoms with Crippen LogP contribution in [0.15, 0.2) is 0 Å². The van der Waals surface area contributed by atoms with Crippen LogP contribution in [-0.2, 0) is 32.7 Å². The van der Waals surface area contributed by atoms with Crippen molar-refractivity contribution in [2.75, 3.05) is 19.8 Å². The van der Waals surface area contributed by atoms with E-state index in [1.807, 2.05) is 0 Å². The van der Waals surface area contributed by atoms with Gasteiger partial charge in [-0.3, -0.25) is 18.6 Å². The number of esters is 1. The predicted octanol–water partition coefficient (Wildman–Crippen LogP) is 6.44. The smallest absolute Gasteiger partial charge is 0.472 e. The Morgan fingerprint density at radius 2 is 1.10 bits per heavy atom. The lowest BCUT2D eigenvalue weighted by molar-refractivity contribution is -0.147. The van der Waals surface area contributed by atoms with Crippen molar-refractivity contribution in [1.82, 2.24) is 5.32 Å². The largest absolute Gasteiger partial charge is 0.480 e. The van der Waals surface area contributed by atoms with Gasteiger partial charge in [0.05, 0.1) is 13.2 Å². The number of aliphatic hydroxyl groups is 1. The molecule has 0 fully saturated rings. The van der Waals surface area contributed by atoms with Crippen LogP contribution in [0.2, 0.25) is 0 Å². The maximum Gasteiger partial charge on any atom is 0.472 e. The van der Waals surface area contributed by atoms with E-state index in [2.05, 4.69) is 19.2 Å². The van der Waals surface area contributed by atoms with Gasteiger partial charge in [-0.05, 0) is 12.8 Å². The van der Waals surface area contributed by atoms with Crippen molar-refractivity contribution in [3.8, 4) is 0 Å². The van der Waals surface area contributed by atoms with E-state index in [1.54, 1.807) is 0 Å². The van der Waals surface area contributed by atoms with Gasteiger partial charge in [0.2, 0.25) is 5.91 Å². The van der Waals surface area contributed by atoms with Crippen molar-refractivity contribution in [2.45, 2.75) is 154 Å². The Hall–Kier alpha value is -1.52. The van der Waals surface area contributed by atoms with E-state index in [4.69, 9.17) is 13.8 Å². The SMILES string of the molecule is CCCCCCCCCCCC(=O)NC(COP(=O)(O)OCC(O)COC(=O)CCCCCCCCCCC)C(=O)O. The third kappa shape index (κ3) is 26.1. The fraction of sp³-hybridized carbons (Fsp3) is 0.900. The second-order valence-electron chi connectivity index (χ2n) is 11.0. The van der Waals surface area contributed by atoms with Gasteiger partial charge in [0.25, 0.3) is 0 Å². The minimum atomic E-state index is -4.73. The molecule has 0 heterocycles. The molecule has 0 bridgehead atoms. The van der Waals surface area contributed by atoms with Gasteiger partial charge < -0.3 is 25.2 Å². The number of hydrogen-bond donors (Lipinski definition) is 4. The molecule has 11 nitrogen and oxygen atoms in total. The number of hydrogen-bond acceptors (Lipinski definition) is 8. The lowest BCUT2D eigenvalue weighted by Crippen LogP contribution is -2.43. The molecule has 3 unspecified atom stereocenters. The number of unbranched alkanes of at least 4 members (excludes halogenated alkanes) is 16. The van der Waals surface area contributed by atoms with Crippen LogP contribution in [0.5, 0.6) is 0 Å². The molecule has 42 heavy (non-hydrogen) atoms. The lowest BCUT2D eigenvalue weighted by Gasteiger charge is -2.18. The van der Waals surface area contributed by atoms with Crippen LogP contribution in [0.1, 0.15) is 142 Å².